The highest BCUT2D eigenvalue weighted by atomic mass is 32.2. The highest BCUT2D eigenvalue weighted by molar-refractivity contribution is 7.98. The van der Waals surface area contributed by atoms with Crippen molar-refractivity contribution in [1.82, 2.24) is 0 Å². The molecule has 1 aromatic carbocycles. The van der Waals surface area contributed by atoms with Crippen molar-refractivity contribution in [2.24, 2.45) is 0 Å². The van der Waals surface area contributed by atoms with Gasteiger partial charge < -0.3 is 0 Å². The van der Waals surface area contributed by atoms with Gasteiger partial charge in [0.1, 0.15) is 0 Å². The van der Waals surface area contributed by atoms with E-state index < -0.39 is 0 Å². The second-order valence-corrected chi connectivity index (χ2v) is 4.27. The van der Waals surface area contributed by atoms with Crippen LogP contribution in [0.15, 0.2) is 23.1 Å². The van der Waals surface area contributed by atoms with Crippen LogP contribution in [0.4, 0.5) is 0 Å². The van der Waals surface area contributed by atoms with E-state index in [-0.39, 0.29) is 0 Å². The van der Waals surface area contributed by atoms with Gasteiger partial charge in [-0.1, -0.05) is 6.07 Å². The van der Waals surface area contributed by atoms with Crippen LogP contribution in [-0.2, 0) is 0 Å². The summed E-state index contributed by atoms with van der Waals surface area (Å²) in [4.78, 5) is 1.35. The molecule has 1 aromatic rings. The minimum absolute atomic E-state index is 0.845. The second kappa shape index (κ2) is 3.14. The molecule has 1 heteroatoms. The fourth-order valence-corrected chi connectivity index (χ4v) is 1.98. The van der Waals surface area contributed by atoms with Crippen molar-refractivity contribution in [2.75, 3.05) is 6.26 Å². The highest BCUT2D eigenvalue weighted by Crippen LogP contribution is 2.41. The summed E-state index contributed by atoms with van der Waals surface area (Å²) in [7, 11) is 0. The van der Waals surface area contributed by atoms with Gasteiger partial charge in [-0.05, 0) is 55.2 Å². The molecule has 1 saturated carbocycles. The van der Waals surface area contributed by atoms with Gasteiger partial charge >= 0.3 is 0 Å². The zero-order valence-corrected chi connectivity index (χ0v) is 8.16. The lowest BCUT2D eigenvalue weighted by Gasteiger charge is -2.03. The molecule has 1 aliphatic rings. The van der Waals surface area contributed by atoms with Gasteiger partial charge in [0.25, 0.3) is 0 Å². The summed E-state index contributed by atoms with van der Waals surface area (Å²) in [6, 6.07) is 6.67. The first kappa shape index (κ1) is 8.18. The average Bonchev–Trinajstić information content (AvgIpc) is 2.85. The fourth-order valence-electron chi connectivity index (χ4n) is 1.46. The maximum atomic E-state index is 3.99. The van der Waals surface area contributed by atoms with E-state index in [1.165, 1.54) is 23.3 Å². The average molecular weight is 177 g/mol. The van der Waals surface area contributed by atoms with Crippen LogP contribution >= 0.6 is 11.8 Å². The summed E-state index contributed by atoms with van der Waals surface area (Å²) in [5.41, 5.74) is 2.65. The molecule has 0 nitrogen and oxygen atoms in total. The van der Waals surface area contributed by atoms with E-state index in [1.54, 1.807) is 11.8 Å². The van der Waals surface area contributed by atoms with Gasteiger partial charge in [-0.25, -0.2) is 0 Å². The summed E-state index contributed by atoms with van der Waals surface area (Å²) in [5, 5.41) is 0. The van der Waals surface area contributed by atoms with Gasteiger partial charge in [0, 0.05) is 4.90 Å². The van der Waals surface area contributed by atoms with Gasteiger partial charge in [0.05, 0.1) is 0 Å². The number of rotatable bonds is 2. The molecule has 0 amide bonds. The van der Waals surface area contributed by atoms with E-state index in [2.05, 4.69) is 31.4 Å². The van der Waals surface area contributed by atoms with E-state index in [0.29, 0.717) is 0 Å². The van der Waals surface area contributed by atoms with Crippen LogP contribution in [0, 0.1) is 6.92 Å². The van der Waals surface area contributed by atoms with Crippen molar-refractivity contribution in [1.29, 1.82) is 0 Å². The first-order valence-corrected chi connectivity index (χ1v) is 5.53. The van der Waals surface area contributed by atoms with Crippen molar-refractivity contribution >= 4 is 11.8 Å². The van der Waals surface area contributed by atoms with Crippen LogP contribution in [0.1, 0.15) is 29.9 Å². The Bertz CT molecular complexity index is 287. The molecule has 0 unspecified atom stereocenters. The third-order valence-corrected chi connectivity index (χ3v) is 2.98. The molecule has 2 rings (SSSR count). The van der Waals surface area contributed by atoms with Crippen LogP contribution < -0.4 is 0 Å². The number of hydrogen-bond acceptors (Lipinski definition) is 1. The molecule has 1 radical (unpaired) electrons. The molecular formula is C11H13S. The predicted molar refractivity (Wildman–Crippen MR) is 54.7 cm³/mol. The molecule has 0 bridgehead atoms. The molecule has 0 aromatic heterocycles. The Labute approximate surface area is 78.4 Å². The normalized spacial score (nSPS) is 16.5. The van der Waals surface area contributed by atoms with E-state index in [9.17, 15) is 0 Å². The predicted octanol–water partition coefficient (Wildman–Crippen LogP) is 3.47. The summed E-state index contributed by atoms with van der Waals surface area (Å²) in [6.45, 7) is 3.99. The minimum Gasteiger partial charge on any atom is -0.130 e. The lowest BCUT2D eigenvalue weighted by Crippen LogP contribution is -1.82. The molecule has 1 fully saturated rings. The number of thioether (sulfide) groups is 1. The quantitative estimate of drug-likeness (QED) is 0.623. The Morgan fingerprint density at radius 2 is 2.08 bits per heavy atom. The maximum absolute atomic E-state index is 3.99. The van der Waals surface area contributed by atoms with E-state index >= 15 is 0 Å². The van der Waals surface area contributed by atoms with Gasteiger partial charge in [0.15, 0.2) is 0 Å². The van der Waals surface area contributed by atoms with Crippen molar-refractivity contribution in [3.63, 3.8) is 0 Å². The molecule has 0 N–H and O–H groups in total. The smallest absolute Gasteiger partial charge is 0.00747 e. The van der Waals surface area contributed by atoms with Crippen LogP contribution in [0.25, 0.3) is 0 Å². The zero-order chi connectivity index (χ0) is 8.55. The topological polar surface area (TPSA) is 0 Å². The summed E-state index contributed by atoms with van der Waals surface area (Å²) in [6.07, 6.45) is 4.86. The maximum Gasteiger partial charge on any atom is 0.00747 e. The third kappa shape index (κ3) is 1.66. The third-order valence-electron chi connectivity index (χ3n) is 2.27. The summed E-state index contributed by atoms with van der Waals surface area (Å²) < 4.78 is 0. The summed E-state index contributed by atoms with van der Waals surface area (Å²) >= 11 is 1.80. The van der Waals surface area contributed by atoms with Crippen LogP contribution in [-0.4, -0.2) is 6.26 Å². The van der Waals surface area contributed by atoms with E-state index in [0.717, 1.165) is 11.5 Å². The fraction of sp³-hybridized carbons (Fsp3) is 0.364. The van der Waals surface area contributed by atoms with E-state index in [1.807, 2.05) is 0 Å². The lowest BCUT2D eigenvalue weighted by atomic mass is 10.1. The van der Waals surface area contributed by atoms with Crippen molar-refractivity contribution in [3.05, 3.63) is 36.2 Å². The standard InChI is InChI=1S/C11H13S/c1-8-5-10(9-3-4-9)7-11(6-8)12-2/h5-7,9H,1,3-4H2,2H3. The first-order chi connectivity index (χ1) is 5.79. The monoisotopic (exact) mass is 177 g/mol. The van der Waals surface area contributed by atoms with Gasteiger partial charge in [-0.15, -0.1) is 11.8 Å². The molecule has 1 aliphatic carbocycles. The highest BCUT2D eigenvalue weighted by Gasteiger charge is 2.23. The van der Waals surface area contributed by atoms with Crippen LogP contribution in [0.5, 0.6) is 0 Å². The second-order valence-electron chi connectivity index (χ2n) is 3.39. The van der Waals surface area contributed by atoms with Crippen molar-refractivity contribution in [3.8, 4) is 0 Å². The molecule has 0 heterocycles. The minimum atomic E-state index is 0.845. The molecule has 0 aliphatic heterocycles. The molecule has 0 atom stereocenters. The largest absolute Gasteiger partial charge is 0.130 e. The Morgan fingerprint density at radius 1 is 1.33 bits per heavy atom. The molecule has 12 heavy (non-hydrogen) atoms. The Hall–Kier alpha value is -0.430. The zero-order valence-electron chi connectivity index (χ0n) is 7.34. The van der Waals surface area contributed by atoms with Gasteiger partial charge in [-0.3, -0.25) is 0 Å². The van der Waals surface area contributed by atoms with Gasteiger partial charge in [0.2, 0.25) is 0 Å². The summed E-state index contributed by atoms with van der Waals surface area (Å²) in [5.74, 6) is 0.845. The van der Waals surface area contributed by atoms with Crippen molar-refractivity contribution < 1.29 is 0 Å². The number of benzene rings is 1. The van der Waals surface area contributed by atoms with E-state index in [4.69, 9.17) is 0 Å². The molecule has 63 valence electrons. The molecule has 0 spiro atoms. The Morgan fingerprint density at radius 3 is 2.67 bits per heavy atom. The van der Waals surface area contributed by atoms with Crippen molar-refractivity contribution in [2.45, 2.75) is 23.7 Å². The Kier molecular flexibility index (Phi) is 2.14. The van der Waals surface area contributed by atoms with Gasteiger partial charge in [-0.2, -0.15) is 0 Å². The molecule has 0 saturated heterocycles. The molecular weight excluding hydrogens is 164 g/mol. The Balaban J connectivity index is 2.34. The SMILES string of the molecule is [CH2]c1cc(SC)cc(C2CC2)c1. The van der Waals surface area contributed by atoms with Crippen LogP contribution in [0.3, 0.4) is 0 Å². The number of hydrogen-bond donors (Lipinski definition) is 0. The van der Waals surface area contributed by atoms with Crippen LogP contribution in [0.2, 0.25) is 0 Å². The first-order valence-electron chi connectivity index (χ1n) is 4.30. The lowest BCUT2D eigenvalue weighted by molar-refractivity contribution is 1.11.